The lowest BCUT2D eigenvalue weighted by Gasteiger charge is -2.23. The lowest BCUT2D eigenvalue weighted by molar-refractivity contribution is -0.142. The molecule has 21 heavy (non-hydrogen) atoms. The molecular formula is C14H19N3O3S. The number of amides is 1. The molecule has 0 saturated carbocycles. The molecule has 0 spiro atoms. The molecule has 1 fully saturated rings. The van der Waals surface area contributed by atoms with Gasteiger partial charge in [0.05, 0.1) is 11.7 Å². The molecule has 1 aliphatic rings. The van der Waals surface area contributed by atoms with Gasteiger partial charge >= 0.3 is 5.97 Å². The first-order chi connectivity index (χ1) is 9.88. The number of hydrogen-bond acceptors (Lipinski definition) is 5. The predicted octanol–water partition coefficient (Wildman–Crippen LogP) is 1.51. The van der Waals surface area contributed by atoms with Crippen molar-refractivity contribution in [2.24, 2.45) is 5.92 Å². The fraction of sp³-hybridized carbons (Fsp3) is 0.571. The van der Waals surface area contributed by atoms with Crippen LogP contribution >= 0.6 is 11.8 Å². The van der Waals surface area contributed by atoms with Crippen LogP contribution in [0.3, 0.4) is 0 Å². The molecule has 1 aromatic heterocycles. The van der Waals surface area contributed by atoms with Crippen LogP contribution in [0.2, 0.25) is 0 Å². The van der Waals surface area contributed by atoms with Gasteiger partial charge in [-0.1, -0.05) is 11.8 Å². The van der Waals surface area contributed by atoms with Crippen molar-refractivity contribution in [1.29, 1.82) is 0 Å². The van der Waals surface area contributed by atoms with E-state index in [2.05, 4.69) is 9.97 Å². The highest BCUT2D eigenvalue weighted by Crippen LogP contribution is 2.25. The van der Waals surface area contributed by atoms with Crippen molar-refractivity contribution in [2.45, 2.75) is 38.4 Å². The zero-order chi connectivity index (χ0) is 15.6. The maximum Gasteiger partial charge on any atom is 0.308 e. The molecule has 1 aromatic rings. The largest absolute Gasteiger partial charge is 0.481 e. The van der Waals surface area contributed by atoms with Gasteiger partial charge in [0.1, 0.15) is 0 Å². The number of aryl methyl sites for hydroxylation is 2. The van der Waals surface area contributed by atoms with Crippen LogP contribution in [-0.4, -0.2) is 50.2 Å². The van der Waals surface area contributed by atoms with Crippen LogP contribution in [0.25, 0.3) is 0 Å². The third-order valence-electron chi connectivity index (χ3n) is 3.68. The summed E-state index contributed by atoms with van der Waals surface area (Å²) in [7, 11) is 0. The summed E-state index contributed by atoms with van der Waals surface area (Å²) in [5, 5.41) is 9.67. The van der Waals surface area contributed by atoms with E-state index >= 15 is 0 Å². The van der Waals surface area contributed by atoms with E-state index in [0.29, 0.717) is 18.1 Å². The smallest absolute Gasteiger partial charge is 0.308 e. The van der Waals surface area contributed by atoms with Crippen molar-refractivity contribution in [3.05, 3.63) is 17.5 Å². The highest BCUT2D eigenvalue weighted by atomic mass is 32.2. The fourth-order valence-electron chi connectivity index (χ4n) is 2.59. The Morgan fingerprint density at radius 1 is 1.38 bits per heavy atom. The summed E-state index contributed by atoms with van der Waals surface area (Å²) in [4.78, 5) is 33.5. The fourth-order valence-corrected chi connectivity index (χ4v) is 3.42. The van der Waals surface area contributed by atoms with E-state index in [-0.39, 0.29) is 17.7 Å². The van der Waals surface area contributed by atoms with Crippen LogP contribution in [0.4, 0.5) is 0 Å². The van der Waals surface area contributed by atoms with Crippen LogP contribution in [0, 0.1) is 19.8 Å². The van der Waals surface area contributed by atoms with E-state index < -0.39 is 11.9 Å². The van der Waals surface area contributed by atoms with Gasteiger partial charge in [-0.25, -0.2) is 9.97 Å². The van der Waals surface area contributed by atoms with E-state index in [1.807, 2.05) is 19.9 Å². The zero-order valence-corrected chi connectivity index (χ0v) is 13.2. The van der Waals surface area contributed by atoms with Gasteiger partial charge in [-0.05, 0) is 33.3 Å². The first kappa shape index (κ1) is 15.8. The second kappa shape index (κ2) is 6.43. The first-order valence-corrected chi connectivity index (χ1v) is 7.84. The van der Waals surface area contributed by atoms with Crippen molar-refractivity contribution in [3.63, 3.8) is 0 Å². The maximum absolute atomic E-state index is 12.2. The molecule has 1 amide bonds. The van der Waals surface area contributed by atoms with Crippen LogP contribution in [0.5, 0.6) is 0 Å². The van der Waals surface area contributed by atoms with Gasteiger partial charge in [-0.3, -0.25) is 9.59 Å². The van der Waals surface area contributed by atoms with E-state index in [1.54, 1.807) is 11.8 Å². The van der Waals surface area contributed by atoms with Crippen molar-refractivity contribution >= 4 is 23.6 Å². The number of carboxylic acid groups (broad SMARTS) is 1. The number of thioether (sulfide) groups is 1. The molecule has 2 heterocycles. The van der Waals surface area contributed by atoms with E-state index in [4.69, 9.17) is 5.11 Å². The second-order valence-corrected chi connectivity index (χ2v) is 6.23. The molecule has 0 aliphatic carbocycles. The summed E-state index contributed by atoms with van der Waals surface area (Å²) in [5.74, 6) is -1.11. The molecule has 114 valence electrons. The third-order valence-corrected chi connectivity index (χ3v) is 4.51. The molecule has 7 heteroatoms. The summed E-state index contributed by atoms with van der Waals surface area (Å²) in [6.45, 7) is 6.08. The number of aromatic nitrogens is 2. The number of carbonyl (C=O) groups is 2. The summed E-state index contributed by atoms with van der Waals surface area (Å²) in [6.07, 6.45) is 0.521. The van der Waals surface area contributed by atoms with Crippen LogP contribution < -0.4 is 0 Å². The number of hydrogen-bond donors (Lipinski definition) is 1. The van der Waals surface area contributed by atoms with E-state index in [1.165, 1.54) is 11.8 Å². The van der Waals surface area contributed by atoms with Gasteiger partial charge in [0, 0.05) is 24.0 Å². The second-order valence-electron chi connectivity index (χ2n) is 5.28. The first-order valence-electron chi connectivity index (χ1n) is 6.86. The molecule has 6 nitrogen and oxygen atoms in total. The van der Waals surface area contributed by atoms with Crippen LogP contribution in [0.1, 0.15) is 24.7 Å². The molecule has 1 saturated heterocycles. The molecule has 0 bridgehead atoms. The lowest BCUT2D eigenvalue weighted by atomic mass is 10.0. The number of carboxylic acids is 1. The Balaban J connectivity index is 1.95. The molecule has 0 radical (unpaired) electrons. The Kier molecular flexibility index (Phi) is 4.82. The zero-order valence-electron chi connectivity index (χ0n) is 12.4. The summed E-state index contributed by atoms with van der Waals surface area (Å²) >= 11 is 1.29. The Morgan fingerprint density at radius 2 is 2.00 bits per heavy atom. The van der Waals surface area contributed by atoms with Gasteiger partial charge < -0.3 is 10.0 Å². The number of nitrogens with zero attached hydrogens (tertiary/aromatic N) is 3. The van der Waals surface area contributed by atoms with Crippen molar-refractivity contribution in [3.8, 4) is 0 Å². The molecule has 2 atom stereocenters. The number of likely N-dealkylation sites (tertiary alicyclic amines) is 1. The normalized spacial score (nSPS) is 21.6. The van der Waals surface area contributed by atoms with Crippen molar-refractivity contribution in [2.75, 3.05) is 12.3 Å². The Morgan fingerprint density at radius 3 is 2.52 bits per heavy atom. The summed E-state index contributed by atoms with van der Waals surface area (Å²) in [5.41, 5.74) is 1.75. The molecule has 2 unspecified atom stereocenters. The summed E-state index contributed by atoms with van der Waals surface area (Å²) < 4.78 is 0. The van der Waals surface area contributed by atoms with Crippen molar-refractivity contribution in [1.82, 2.24) is 14.9 Å². The molecular weight excluding hydrogens is 290 g/mol. The number of aliphatic carboxylic acids is 1. The van der Waals surface area contributed by atoms with E-state index in [0.717, 1.165) is 11.4 Å². The van der Waals surface area contributed by atoms with Crippen LogP contribution in [0.15, 0.2) is 11.2 Å². The minimum absolute atomic E-state index is 0.0565. The van der Waals surface area contributed by atoms with Gasteiger partial charge in [0.15, 0.2) is 5.16 Å². The Bertz CT molecular complexity index is 544. The minimum Gasteiger partial charge on any atom is -0.481 e. The average Bonchev–Trinajstić information content (AvgIpc) is 2.77. The molecule has 0 aromatic carbocycles. The van der Waals surface area contributed by atoms with Gasteiger partial charge in [-0.15, -0.1) is 0 Å². The number of rotatable bonds is 4. The highest BCUT2D eigenvalue weighted by molar-refractivity contribution is 7.99. The van der Waals surface area contributed by atoms with Gasteiger partial charge in [0.25, 0.3) is 0 Å². The molecule has 1 aliphatic heterocycles. The standard InChI is InChI=1S/C14H19N3O3S/c1-8-6-9(2)16-14(15-8)21-7-12(18)17-5-4-11(10(17)3)13(19)20/h6,10-11H,4-5,7H2,1-3H3,(H,19,20). The third kappa shape index (κ3) is 3.72. The summed E-state index contributed by atoms with van der Waals surface area (Å²) in [6, 6.07) is 1.63. The monoisotopic (exact) mass is 309 g/mol. The minimum atomic E-state index is -0.830. The van der Waals surface area contributed by atoms with Crippen molar-refractivity contribution < 1.29 is 14.7 Å². The SMILES string of the molecule is Cc1cc(C)nc(SCC(=O)N2CCC(C(=O)O)C2C)n1. The van der Waals surface area contributed by atoms with Gasteiger partial charge in [-0.2, -0.15) is 0 Å². The quantitative estimate of drug-likeness (QED) is 0.670. The topological polar surface area (TPSA) is 83.4 Å². The molecule has 1 N–H and O–H groups in total. The van der Waals surface area contributed by atoms with Gasteiger partial charge in [0.2, 0.25) is 5.91 Å². The lowest BCUT2D eigenvalue weighted by Crippen LogP contribution is -2.38. The predicted molar refractivity (Wildman–Crippen MR) is 79.1 cm³/mol. The van der Waals surface area contributed by atoms with Crippen LogP contribution in [-0.2, 0) is 9.59 Å². The Labute approximate surface area is 128 Å². The Hall–Kier alpha value is -1.63. The molecule has 2 rings (SSSR count). The maximum atomic E-state index is 12.2. The number of carbonyl (C=O) groups excluding carboxylic acids is 1. The average molecular weight is 309 g/mol. The van der Waals surface area contributed by atoms with E-state index in [9.17, 15) is 9.59 Å². The highest BCUT2D eigenvalue weighted by Gasteiger charge is 2.37.